The van der Waals surface area contributed by atoms with E-state index in [0.717, 1.165) is 16.8 Å². The van der Waals surface area contributed by atoms with E-state index in [4.69, 9.17) is 4.99 Å². The molecule has 38 heavy (non-hydrogen) atoms. The van der Waals surface area contributed by atoms with Crippen molar-refractivity contribution in [2.45, 2.75) is 92.4 Å². The molecule has 0 saturated heterocycles. The molecule has 0 unspecified atom stereocenters. The van der Waals surface area contributed by atoms with Crippen molar-refractivity contribution >= 4 is 21.6 Å². The second kappa shape index (κ2) is 16.9. The first-order chi connectivity index (χ1) is 17.3. The fraction of sp³-hybridized carbons (Fsp3) is 0.412. The third-order valence-electron chi connectivity index (χ3n) is 6.29. The summed E-state index contributed by atoms with van der Waals surface area (Å²) in [5, 5.41) is 10.7. The van der Waals surface area contributed by atoms with E-state index in [1.165, 1.54) is 22.3 Å². The van der Waals surface area contributed by atoms with Crippen molar-refractivity contribution in [2.75, 3.05) is 0 Å². The Morgan fingerprint density at radius 2 is 1.24 bits per heavy atom. The van der Waals surface area contributed by atoms with Gasteiger partial charge in [-0.15, -0.1) is 0 Å². The van der Waals surface area contributed by atoms with Crippen LogP contribution >= 0.6 is 9.69 Å². The molecule has 0 atom stereocenters. The van der Waals surface area contributed by atoms with Gasteiger partial charge in [0.15, 0.2) is 0 Å². The van der Waals surface area contributed by atoms with Crippen LogP contribution in [-0.2, 0) is 22.7 Å². The third-order valence-corrected chi connectivity index (χ3v) is 6.29. The molecule has 0 fully saturated rings. The van der Waals surface area contributed by atoms with Crippen LogP contribution in [-0.4, -0.2) is 11.3 Å². The van der Waals surface area contributed by atoms with Gasteiger partial charge in [0.25, 0.3) is 0 Å². The number of para-hydroxylation sites is 2. The number of benzene rings is 3. The van der Waals surface area contributed by atoms with Gasteiger partial charge in [-0.1, -0.05) is 122 Å². The molecular weight excluding hydrogens is 575 g/mol. The molecule has 0 radical (unpaired) electrons. The van der Waals surface area contributed by atoms with Gasteiger partial charge in [-0.05, 0) is 58.4 Å². The van der Waals surface area contributed by atoms with Crippen LogP contribution in [0.3, 0.4) is 0 Å². The van der Waals surface area contributed by atoms with Gasteiger partial charge in [-0.3, -0.25) is 4.99 Å². The summed E-state index contributed by atoms with van der Waals surface area (Å²) in [4.78, 5) is 4.82. The number of hydrogen-bond donors (Lipinski definition) is 1. The molecule has 0 amide bonds. The summed E-state index contributed by atoms with van der Waals surface area (Å²) in [6.07, 6.45) is 1.80. The van der Waals surface area contributed by atoms with E-state index < -0.39 is 0 Å². The number of rotatable bonds is 5. The van der Waals surface area contributed by atoms with Crippen LogP contribution in [0.4, 0.5) is 5.69 Å². The Labute approximate surface area is 247 Å². The minimum absolute atomic E-state index is 0. The molecular formula is C34H48ClNORu. The average molecular weight is 623 g/mol. The van der Waals surface area contributed by atoms with E-state index in [1.54, 1.807) is 6.21 Å². The molecule has 210 valence electrons. The van der Waals surface area contributed by atoms with Crippen molar-refractivity contribution in [1.82, 2.24) is 0 Å². The zero-order chi connectivity index (χ0) is 28.3. The number of phenols is 1. The van der Waals surface area contributed by atoms with Gasteiger partial charge in [0.05, 0.1) is 5.69 Å². The molecule has 0 saturated carbocycles. The van der Waals surface area contributed by atoms with Crippen LogP contribution in [0, 0.1) is 14.4 Å². The summed E-state index contributed by atoms with van der Waals surface area (Å²) in [5.74, 6) is 1.79. The quantitative estimate of drug-likeness (QED) is 0.171. The Morgan fingerprint density at radius 1 is 0.763 bits per heavy atom. The van der Waals surface area contributed by atoms with E-state index in [1.807, 2.05) is 35.5 Å². The molecule has 3 rings (SSSR count). The Hall–Kier alpha value is -1.96. The van der Waals surface area contributed by atoms with E-state index in [0.29, 0.717) is 23.5 Å². The van der Waals surface area contributed by atoms with Crippen molar-refractivity contribution in [3.8, 4) is 5.75 Å². The molecule has 0 spiro atoms. The first kappa shape index (κ1) is 36.0. The average Bonchev–Trinajstić information content (AvgIpc) is 2.84. The van der Waals surface area contributed by atoms with Crippen LogP contribution < -0.4 is 0 Å². The number of aliphatic imine (C=N–C) groups is 1. The van der Waals surface area contributed by atoms with Crippen molar-refractivity contribution < 1.29 is 22.4 Å². The molecule has 0 aliphatic heterocycles. The van der Waals surface area contributed by atoms with Crippen molar-refractivity contribution in [3.63, 3.8) is 0 Å². The first-order valence-electron chi connectivity index (χ1n) is 13.0. The zero-order valence-corrected chi connectivity index (χ0v) is 27.7. The first-order valence-corrected chi connectivity index (χ1v) is 15.3. The SMILES string of the molecule is CC(C)c1cccc(C(C)C)c1N=Cc1cccc(C(C)(C)C)c1O.Cc1ccc(C(C)C)cc1.[CH3-].[Cl][Ru+]. The van der Waals surface area contributed by atoms with E-state index in [2.05, 4.69) is 121 Å². The topological polar surface area (TPSA) is 32.6 Å². The Balaban J connectivity index is 0.000000882. The molecule has 0 bridgehead atoms. The van der Waals surface area contributed by atoms with Gasteiger partial charge in [-0.2, -0.15) is 0 Å². The summed E-state index contributed by atoms with van der Waals surface area (Å²) in [6.45, 7) is 21.6. The zero-order valence-electron chi connectivity index (χ0n) is 25.2. The van der Waals surface area contributed by atoms with Crippen molar-refractivity contribution in [2.24, 2.45) is 4.99 Å². The van der Waals surface area contributed by atoms with Gasteiger partial charge < -0.3 is 12.5 Å². The molecule has 0 aromatic heterocycles. The minimum atomic E-state index is -0.104. The molecule has 0 aliphatic rings. The predicted molar refractivity (Wildman–Crippen MR) is 166 cm³/mol. The summed E-state index contributed by atoms with van der Waals surface area (Å²) < 4.78 is 0. The van der Waals surface area contributed by atoms with E-state index in [-0.39, 0.29) is 12.8 Å². The number of nitrogens with zero attached hydrogens (tertiary/aromatic N) is 1. The summed E-state index contributed by atoms with van der Waals surface area (Å²) >= 11 is 1.82. The van der Waals surface area contributed by atoms with Crippen molar-refractivity contribution in [1.29, 1.82) is 0 Å². The second-order valence-corrected chi connectivity index (χ2v) is 11.4. The standard InChI is InChI=1S/C23H31NO.C10H14.CH3.ClH.Ru/c1-15(2)18-11-9-12-19(16(3)4)21(18)24-14-17-10-8-13-20(22(17)25)23(5,6)7;1-8(2)10-6-4-9(3)5-7-10;;;/h8-16,25H,1-7H3;4-8H,1-3H3;1H3;1H;/q;;-1;;+2/p-1. The fourth-order valence-corrected chi connectivity index (χ4v) is 4.02. The van der Waals surface area contributed by atoms with Gasteiger partial charge in [0.1, 0.15) is 5.75 Å². The molecule has 4 heteroatoms. The van der Waals surface area contributed by atoms with Gasteiger partial charge in [-0.25, -0.2) is 0 Å². The maximum absolute atomic E-state index is 10.7. The van der Waals surface area contributed by atoms with Crippen LogP contribution in [0.1, 0.15) is 113 Å². The summed E-state index contributed by atoms with van der Waals surface area (Å²) in [6, 6.07) is 21.0. The molecule has 2 nitrogen and oxygen atoms in total. The monoisotopic (exact) mass is 623 g/mol. The van der Waals surface area contributed by atoms with Crippen LogP contribution in [0.25, 0.3) is 0 Å². The third kappa shape index (κ3) is 10.7. The maximum atomic E-state index is 10.7. The van der Waals surface area contributed by atoms with Crippen molar-refractivity contribution in [3.05, 3.63) is 101 Å². The van der Waals surface area contributed by atoms with Crippen LogP contribution in [0.15, 0.2) is 65.7 Å². The van der Waals surface area contributed by atoms with Gasteiger partial charge in [0, 0.05) is 11.8 Å². The number of phenolic OH excluding ortho intramolecular Hbond substituents is 1. The summed E-state index contributed by atoms with van der Waals surface area (Å²) in [7, 11) is 4.57. The molecule has 3 aromatic rings. The van der Waals surface area contributed by atoms with E-state index in [9.17, 15) is 5.11 Å². The number of halogens is 1. The Morgan fingerprint density at radius 3 is 1.66 bits per heavy atom. The molecule has 0 heterocycles. The van der Waals surface area contributed by atoms with E-state index >= 15 is 0 Å². The fourth-order valence-electron chi connectivity index (χ4n) is 4.02. The number of hydrogen-bond acceptors (Lipinski definition) is 2. The van der Waals surface area contributed by atoms with Gasteiger partial charge in [0.2, 0.25) is 0 Å². The normalized spacial score (nSPS) is 11.1. The molecule has 3 aromatic carbocycles. The number of aryl methyl sites for hydroxylation is 1. The Bertz CT molecular complexity index is 1100. The molecule has 1 N–H and O–H groups in total. The Kier molecular flexibility index (Phi) is 16.0. The number of aromatic hydroxyl groups is 1. The van der Waals surface area contributed by atoms with Crippen LogP contribution in [0.2, 0.25) is 0 Å². The second-order valence-electron chi connectivity index (χ2n) is 11.4. The predicted octanol–water partition coefficient (Wildman–Crippen LogP) is 10.9. The molecule has 0 aliphatic carbocycles. The van der Waals surface area contributed by atoms with Crippen LogP contribution in [0.5, 0.6) is 5.75 Å². The summed E-state index contributed by atoms with van der Waals surface area (Å²) in [5.41, 5.74) is 7.89. The van der Waals surface area contributed by atoms with Gasteiger partial charge >= 0.3 is 27.0 Å².